The van der Waals surface area contributed by atoms with E-state index in [1.807, 2.05) is 6.07 Å². The molecule has 0 aliphatic rings. The Balaban J connectivity index is 0.00000364. The number of aliphatic imine (C=N–C) groups is 1. The standard InChI is InChI=1S/C20H27N3O2S.HI/c1-3-16-10-8-11-17(4-2)19(16)23-20(21)22-14-9-15-26(24,25)18-12-6-5-7-13-18;/h5-8,10-13H,3-4,9,14-15H2,1-2H3,(H3,21,22,23);1H. The largest absolute Gasteiger partial charge is 0.370 e. The summed E-state index contributed by atoms with van der Waals surface area (Å²) >= 11 is 0. The van der Waals surface area contributed by atoms with Crippen molar-refractivity contribution >= 4 is 45.5 Å². The molecule has 2 aromatic carbocycles. The number of sulfone groups is 1. The molecule has 2 rings (SSSR count). The number of benzene rings is 2. The minimum atomic E-state index is -3.27. The van der Waals surface area contributed by atoms with Crippen molar-refractivity contribution in [2.45, 2.75) is 38.0 Å². The molecule has 0 saturated carbocycles. The van der Waals surface area contributed by atoms with Crippen LogP contribution in [0.5, 0.6) is 0 Å². The van der Waals surface area contributed by atoms with Gasteiger partial charge in [-0.15, -0.1) is 24.0 Å². The van der Waals surface area contributed by atoms with Gasteiger partial charge in [0.25, 0.3) is 0 Å². The molecule has 5 nitrogen and oxygen atoms in total. The van der Waals surface area contributed by atoms with Gasteiger partial charge >= 0.3 is 0 Å². The Kier molecular flexibility index (Phi) is 9.79. The molecule has 0 bridgehead atoms. The Morgan fingerprint density at radius 2 is 1.59 bits per heavy atom. The average molecular weight is 501 g/mol. The maximum atomic E-state index is 12.2. The van der Waals surface area contributed by atoms with Gasteiger partial charge in [0, 0.05) is 12.2 Å². The first-order valence-electron chi connectivity index (χ1n) is 8.93. The molecule has 148 valence electrons. The van der Waals surface area contributed by atoms with Crippen LogP contribution in [0.1, 0.15) is 31.4 Å². The third kappa shape index (κ3) is 6.80. The summed E-state index contributed by atoms with van der Waals surface area (Å²) < 4.78 is 24.5. The average Bonchev–Trinajstić information content (AvgIpc) is 2.66. The van der Waals surface area contributed by atoms with Crippen molar-refractivity contribution in [1.29, 1.82) is 0 Å². The van der Waals surface area contributed by atoms with Gasteiger partial charge in [-0.05, 0) is 42.5 Å². The molecule has 0 aliphatic heterocycles. The fourth-order valence-electron chi connectivity index (χ4n) is 2.77. The predicted octanol–water partition coefficient (Wildman–Crippen LogP) is 4.02. The number of hydrogen-bond donors (Lipinski definition) is 2. The van der Waals surface area contributed by atoms with Crippen LogP contribution < -0.4 is 11.1 Å². The lowest BCUT2D eigenvalue weighted by molar-refractivity contribution is 0.593. The minimum absolute atomic E-state index is 0. The molecule has 2 aromatic rings. The van der Waals surface area contributed by atoms with Gasteiger partial charge in [-0.25, -0.2) is 8.42 Å². The van der Waals surface area contributed by atoms with Crippen LogP contribution in [0.2, 0.25) is 0 Å². The first-order valence-corrected chi connectivity index (χ1v) is 10.6. The zero-order valence-corrected chi connectivity index (χ0v) is 19.0. The molecule has 0 aliphatic carbocycles. The second-order valence-corrected chi connectivity index (χ2v) is 8.14. The second kappa shape index (κ2) is 11.3. The normalized spacial score (nSPS) is 11.7. The highest BCUT2D eigenvalue weighted by molar-refractivity contribution is 14.0. The molecule has 0 spiro atoms. The summed E-state index contributed by atoms with van der Waals surface area (Å²) in [6.07, 6.45) is 2.23. The van der Waals surface area contributed by atoms with E-state index in [9.17, 15) is 8.42 Å². The molecule has 0 atom stereocenters. The molecule has 0 saturated heterocycles. The Labute approximate surface area is 179 Å². The third-order valence-corrected chi connectivity index (χ3v) is 6.02. The predicted molar refractivity (Wildman–Crippen MR) is 124 cm³/mol. The summed E-state index contributed by atoms with van der Waals surface area (Å²) in [4.78, 5) is 4.63. The minimum Gasteiger partial charge on any atom is -0.370 e. The number of guanidine groups is 1. The third-order valence-electron chi connectivity index (χ3n) is 4.21. The number of hydrogen-bond acceptors (Lipinski definition) is 3. The van der Waals surface area contributed by atoms with Crippen molar-refractivity contribution in [3.8, 4) is 0 Å². The molecule has 27 heavy (non-hydrogen) atoms. The fraction of sp³-hybridized carbons (Fsp3) is 0.350. The second-order valence-electron chi connectivity index (χ2n) is 6.04. The number of nitrogens with two attached hydrogens (primary N) is 1. The lowest BCUT2D eigenvalue weighted by Gasteiger charge is -2.14. The number of nitrogens with zero attached hydrogens (tertiary/aromatic N) is 1. The molecule has 7 heteroatoms. The SMILES string of the molecule is CCc1cccc(CC)c1NC(N)=NCCCS(=O)(=O)c1ccccc1.I. The van der Waals surface area contributed by atoms with Crippen molar-refractivity contribution in [1.82, 2.24) is 0 Å². The van der Waals surface area contributed by atoms with E-state index in [1.165, 1.54) is 11.1 Å². The maximum absolute atomic E-state index is 12.2. The molecular weight excluding hydrogens is 473 g/mol. The van der Waals surface area contributed by atoms with Gasteiger partial charge in [0.15, 0.2) is 15.8 Å². The molecular formula is C20H28IN3O2S. The lowest BCUT2D eigenvalue weighted by atomic mass is 10.0. The van der Waals surface area contributed by atoms with Crippen LogP contribution in [0.3, 0.4) is 0 Å². The van der Waals surface area contributed by atoms with Crippen molar-refractivity contribution in [3.05, 3.63) is 59.7 Å². The summed E-state index contributed by atoms with van der Waals surface area (Å²) in [5.74, 6) is 0.372. The number of nitrogens with one attached hydrogen (secondary N) is 1. The molecule has 0 amide bonds. The molecule has 0 heterocycles. The zero-order valence-electron chi connectivity index (χ0n) is 15.8. The van der Waals surface area contributed by atoms with Crippen LogP contribution in [0, 0.1) is 0 Å². The maximum Gasteiger partial charge on any atom is 0.193 e. The number of anilines is 1. The van der Waals surface area contributed by atoms with Gasteiger partial charge in [-0.1, -0.05) is 50.2 Å². The summed E-state index contributed by atoms with van der Waals surface area (Å²) in [5, 5.41) is 3.19. The van der Waals surface area contributed by atoms with Crippen LogP contribution in [0.15, 0.2) is 58.4 Å². The van der Waals surface area contributed by atoms with Crippen LogP contribution >= 0.6 is 24.0 Å². The topological polar surface area (TPSA) is 84.5 Å². The summed E-state index contributed by atoms with van der Waals surface area (Å²) in [7, 11) is -3.27. The van der Waals surface area contributed by atoms with E-state index >= 15 is 0 Å². The Morgan fingerprint density at radius 1 is 1.00 bits per heavy atom. The molecule has 0 unspecified atom stereocenters. The van der Waals surface area contributed by atoms with E-state index in [1.54, 1.807) is 30.3 Å². The van der Waals surface area contributed by atoms with E-state index in [2.05, 4.69) is 36.3 Å². The Hall–Kier alpha value is -1.61. The van der Waals surface area contributed by atoms with Crippen LogP contribution in [-0.4, -0.2) is 26.7 Å². The van der Waals surface area contributed by atoms with E-state index in [4.69, 9.17) is 5.73 Å². The number of aryl methyl sites for hydroxylation is 2. The molecule has 0 fully saturated rings. The van der Waals surface area contributed by atoms with E-state index in [0.29, 0.717) is 23.8 Å². The number of rotatable bonds is 8. The Morgan fingerprint density at radius 3 is 2.15 bits per heavy atom. The lowest BCUT2D eigenvalue weighted by Crippen LogP contribution is -2.24. The monoisotopic (exact) mass is 501 g/mol. The highest BCUT2D eigenvalue weighted by atomic mass is 127. The molecule has 0 radical (unpaired) electrons. The van der Waals surface area contributed by atoms with Crippen LogP contribution in [-0.2, 0) is 22.7 Å². The highest BCUT2D eigenvalue weighted by Crippen LogP contribution is 2.22. The number of halogens is 1. The van der Waals surface area contributed by atoms with Crippen LogP contribution in [0.25, 0.3) is 0 Å². The van der Waals surface area contributed by atoms with Crippen molar-refractivity contribution < 1.29 is 8.42 Å². The van der Waals surface area contributed by atoms with Crippen molar-refractivity contribution in [2.24, 2.45) is 10.7 Å². The summed E-state index contributed by atoms with van der Waals surface area (Å²) in [6, 6.07) is 14.7. The van der Waals surface area contributed by atoms with Gasteiger partial charge in [0.2, 0.25) is 0 Å². The molecule has 0 aromatic heterocycles. The first kappa shape index (κ1) is 23.4. The van der Waals surface area contributed by atoms with Gasteiger partial charge in [-0.2, -0.15) is 0 Å². The highest BCUT2D eigenvalue weighted by Gasteiger charge is 2.13. The van der Waals surface area contributed by atoms with E-state index in [0.717, 1.165) is 18.5 Å². The van der Waals surface area contributed by atoms with Crippen LogP contribution in [0.4, 0.5) is 5.69 Å². The summed E-state index contributed by atoms with van der Waals surface area (Å²) in [5.41, 5.74) is 9.39. The fourth-order valence-corrected chi connectivity index (χ4v) is 4.09. The van der Waals surface area contributed by atoms with Crippen molar-refractivity contribution in [2.75, 3.05) is 17.6 Å². The number of para-hydroxylation sites is 1. The van der Waals surface area contributed by atoms with Gasteiger partial charge in [0.1, 0.15) is 0 Å². The van der Waals surface area contributed by atoms with E-state index < -0.39 is 9.84 Å². The molecule has 3 N–H and O–H groups in total. The quantitative estimate of drug-likeness (QED) is 0.248. The van der Waals surface area contributed by atoms with Gasteiger partial charge < -0.3 is 11.1 Å². The Bertz CT molecular complexity index is 831. The van der Waals surface area contributed by atoms with Crippen molar-refractivity contribution in [3.63, 3.8) is 0 Å². The smallest absolute Gasteiger partial charge is 0.193 e. The first-order chi connectivity index (χ1) is 12.5. The zero-order chi connectivity index (χ0) is 19.0. The van der Waals surface area contributed by atoms with Gasteiger partial charge in [-0.3, -0.25) is 4.99 Å². The van der Waals surface area contributed by atoms with E-state index in [-0.39, 0.29) is 29.7 Å². The summed E-state index contributed by atoms with van der Waals surface area (Å²) in [6.45, 7) is 4.56. The van der Waals surface area contributed by atoms with Gasteiger partial charge in [0.05, 0.1) is 10.6 Å².